The molecule has 35 heavy (non-hydrogen) atoms. The maximum absolute atomic E-state index is 13.7. The Balaban J connectivity index is 6.90. The van der Waals surface area contributed by atoms with Gasteiger partial charge in [0.05, 0.1) is 0 Å². The van der Waals surface area contributed by atoms with Crippen LogP contribution in [0.2, 0.25) is 0 Å². The molecule has 0 fully saturated rings. The van der Waals surface area contributed by atoms with Gasteiger partial charge in [-0.1, -0.05) is 27.7 Å². The second-order valence-electron chi connectivity index (χ2n) is 8.63. The molecule has 0 bridgehead atoms. The van der Waals surface area contributed by atoms with Crippen LogP contribution in [0.25, 0.3) is 0 Å². The summed E-state index contributed by atoms with van der Waals surface area (Å²) in [6.45, 7) is 2.46. The smallest absolute Gasteiger partial charge is 0.200 e. The van der Waals surface area contributed by atoms with Crippen molar-refractivity contribution in [2.75, 3.05) is 0 Å². The highest BCUT2D eigenvalue weighted by molar-refractivity contribution is 5.17. The van der Waals surface area contributed by atoms with Crippen LogP contribution in [0.4, 0.5) is 79.0 Å². The summed E-state index contributed by atoms with van der Waals surface area (Å²) in [5, 5.41) is 0. The van der Waals surface area contributed by atoms with Crippen molar-refractivity contribution < 1.29 is 79.0 Å². The van der Waals surface area contributed by atoms with Gasteiger partial charge in [-0.2, -0.15) is 79.0 Å². The van der Waals surface area contributed by atoms with Gasteiger partial charge >= 0.3 is 53.3 Å². The fourth-order valence-corrected chi connectivity index (χ4v) is 2.73. The van der Waals surface area contributed by atoms with Gasteiger partial charge in [0, 0.05) is 12.8 Å². The van der Waals surface area contributed by atoms with E-state index in [2.05, 4.69) is 0 Å². The normalized spacial score (nSPS) is 16.5. The van der Waals surface area contributed by atoms with E-state index >= 15 is 0 Å². The number of halogens is 18. The second-order valence-corrected chi connectivity index (χ2v) is 8.63. The molecule has 0 atom stereocenters. The van der Waals surface area contributed by atoms with Crippen LogP contribution in [-0.4, -0.2) is 53.3 Å². The van der Waals surface area contributed by atoms with Gasteiger partial charge in [0.1, 0.15) is 0 Å². The van der Waals surface area contributed by atoms with Gasteiger partial charge in [0.15, 0.2) is 0 Å². The van der Waals surface area contributed by atoms with Crippen LogP contribution in [0.1, 0.15) is 40.5 Å². The average Bonchev–Trinajstić information content (AvgIpc) is 2.57. The highest BCUT2D eigenvalue weighted by atomic mass is 19.4. The number of alkyl halides is 18. The molecule has 0 aromatic carbocycles. The molecule has 0 heterocycles. The molecule has 0 amide bonds. The topological polar surface area (TPSA) is 0 Å². The summed E-state index contributed by atoms with van der Waals surface area (Å²) in [7, 11) is 0. The van der Waals surface area contributed by atoms with Crippen LogP contribution < -0.4 is 0 Å². The molecule has 0 spiro atoms. The van der Waals surface area contributed by atoms with Crippen LogP contribution >= 0.6 is 0 Å². The maximum atomic E-state index is 13.7. The SMILES string of the molecule is CC(C)CC(F)(F)C(F)(F)C(F)(F)C(F)(F)C(F)(F)C(F)(F)C(F)(F)C(F)(F)C(F)(F)CC(C)C. The van der Waals surface area contributed by atoms with E-state index in [9.17, 15) is 79.0 Å². The zero-order chi connectivity index (χ0) is 29.1. The Kier molecular flexibility index (Phi) is 8.62. The van der Waals surface area contributed by atoms with Gasteiger partial charge in [-0.3, -0.25) is 0 Å². The van der Waals surface area contributed by atoms with Crippen molar-refractivity contribution in [3.05, 3.63) is 0 Å². The van der Waals surface area contributed by atoms with Crippen LogP contribution in [0, 0.1) is 11.8 Å². The number of hydrogen-bond acceptors (Lipinski definition) is 0. The Bertz CT molecular complexity index is 673. The van der Waals surface area contributed by atoms with E-state index in [4.69, 9.17) is 0 Å². The second kappa shape index (κ2) is 8.94. The lowest BCUT2D eigenvalue weighted by Crippen LogP contribution is -2.76. The lowest BCUT2D eigenvalue weighted by Gasteiger charge is -2.44. The largest absolute Gasteiger partial charge is 0.385 e. The van der Waals surface area contributed by atoms with E-state index in [1.165, 1.54) is 0 Å². The Morgan fingerprint density at radius 3 is 0.600 bits per heavy atom. The molecule has 0 aliphatic carbocycles. The summed E-state index contributed by atoms with van der Waals surface area (Å²) in [5.41, 5.74) is 0. The van der Waals surface area contributed by atoms with Gasteiger partial charge in [-0.05, 0) is 11.8 Å². The third-order valence-electron chi connectivity index (χ3n) is 4.61. The lowest BCUT2D eigenvalue weighted by molar-refractivity contribution is -0.462. The Morgan fingerprint density at radius 1 is 0.314 bits per heavy atom. The molecule has 18 heteroatoms. The van der Waals surface area contributed by atoms with Crippen molar-refractivity contribution in [3.63, 3.8) is 0 Å². The Labute approximate surface area is 186 Å². The van der Waals surface area contributed by atoms with Gasteiger partial charge in [-0.15, -0.1) is 0 Å². The molecule has 0 saturated heterocycles. The Morgan fingerprint density at radius 2 is 0.457 bits per heavy atom. The van der Waals surface area contributed by atoms with Crippen molar-refractivity contribution in [2.24, 2.45) is 11.8 Å². The molecule has 0 aromatic rings. The van der Waals surface area contributed by atoms with E-state index in [1.54, 1.807) is 0 Å². The predicted octanol–water partition coefficient (Wildman–Crippen LogP) is 8.80. The van der Waals surface area contributed by atoms with Crippen molar-refractivity contribution in [1.82, 2.24) is 0 Å². The molecule has 0 saturated carbocycles. The Hall–Kier alpha value is -1.26. The molecule has 0 unspecified atom stereocenters. The quantitative estimate of drug-likeness (QED) is 0.208. The van der Waals surface area contributed by atoms with Gasteiger partial charge in [-0.25, -0.2) is 0 Å². The van der Waals surface area contributed by atoms with Gasteiger partial charge < -0.3 is 0 Å². The van der Waals surface area contributed by atoms with Crippen LogP contribution in [0.15, 0.2) is 0 Å². The molecule has 0 aromatic heterocycles. The lowest BCUT2D eigenvalue weighted by atomic mass is 9.84. The fourth-order valence-electron chi connectivity index (χ4n) is 2.73. The minimum Gasteiger partial charge on any atom is -0.200 e. The minimum atomic E-state index is -8.71. The van der Waals surface area contributed by atoms with E-state index in [0.717, 1.165) is 0 Å². The monoisotopic (exact) mass is 564 g/mol. The van der Waals surface area contributed by atoms with Gasteiger partial charge in [0.25, 0.3) is 0 Å². The average molecular weight is 564 g/mol. The highest BCUT2D eigenvalue weighted by Gasteiger charge is 2.96. The molecule has 212 valence electrons. The molecule has 0 rings (SSSR count). The van der Waals surface area contributed by atoms with E-state index < -0.39 is 78.0 Å². The zero-order valence-electron chi connectivity index (χ0n) is 17.9. The standard InChI is InChI=1S/C17H18F18/c1-7(2)5-9(18,19)11(22,23)13(26,27)15(30,31)17(34,35)16(32,33)14(28,29)12(24,25)10(20,21)6-8(3)4/h7-8H,5-6H2,1-4H3. The first-order valence-corrected chi connectivity index (χ1v) is 9.23. The van der Waals surface area contributed by atoms with Gasteiger partial charge in [0.2, 0.25) is 0 Å². The summed E-state index contributed by atoms with van der Waals surface area (Å²) in [4.78, 5) is 0. The molecule has 0 aliphatic rings. The first kappa shape index (κ1) is 33.7. The van der Waals surface area contributed by atoms with Crippen molar-refractivity contribution in [3.8, 4) is 0 Å². The summed E-state index contributed by atoms with van der Waals surface area (Å²) in [6.07, 6.45) is -4.88. The molecule has 0 radical (unpaired) electrons. The summed E-state index contributed by atoms with van der Waals surface area (Å²) in [5.74, 6) is -74.0. The molecular weight excluding hydrogens is 546 g/mol. The zero-order valence-corrected chi connectivity index (χ0v) is 17.9. The summed E-state index contributed by atoms with van der Waals surface area (Å²) >= 11 is 0. The molecule has 0 N–H and O–H groups in total. The predicted molar refractivity (Wildman–Crippen MR) is 83.4 cm³/mol. The molecule has 0 aliphatic heterocycles. The third-order valence-corrected chi connectivity index (χ3v) is 4.61. The van der Waals surface area contributed by atoms with E-state index in [0.29, 0.717) is 27.7 Å². The number of rotatable bonds is 12. The number of hydrogen-bond donors (Lipinski definition) is 0. The summed E-state index contributed by atoms with van der Waals surface area (Å²) < 4.78 is 245. The molecular formula is C17H18F18. The van der Waals surface area contributed by atoms with Crippen LogP contribution in [-0.2, 0) is 0 Å². The highest BCUT2D eigenvalue weighted by Crippen LogP contribution is 2.65. The third kappa shape index (κ3) is 4.75. The first-order valence-electron chi connectivity index (χ1n) is 9.23. The van der Waals surface area contributed by atoms with Crippen molar-refractivity contribution >= 4 is 0 Å². The van der Waals surface area contributed by atoms with E-state index in [-0.39, 0.29) is 0 Å². The fraction of sp³-hybridized carbons (Fsp3) is 1.00. The van der Waals surface area contributed by atoms with Crippen LogP contribution in [0.3, 0.4) is 0 Å². The first-order chi connectivity index (χ1) is 14.8. The maximum Gasteiger partial charge on any atom is 0.385 e. The van der Waals surface area contributed by atoms with E-state index in [1.807, 2.05) is 0 Å². The summed E-state index contributed by atoms with van der Waals surface area (Å²) in [6, 6.07) is 0. The minimum absolute atomic E-state index is 0.614. The van der Waals surface area contributed by atoms with Crippen molar-refractivity contribution in [2.45, 2.75) is 93.8 Å². The molecule has 0 nitrogen and oxygen atoms in total. The van der Waals surface area contributed by atoms with Crippen molar-refractivity contribution in [1.29, 1.82) is 0 Å². The van der Waals surface area contributed by atoms with Crippen LogP contribution in [0.5, 0.6) is 0 Å².